The van der Waals surface area contributed by atoms with E-state index in [9.17, 15) is 10.1 Å². The Morgan fingerprint density at radius 1 is 1.48 bits per heavy atom. The minimum atomic E-state index is -0.613. The van der Waals surface area contributed by atoms with Crippen molar-refractivity contribution in [2.75, 3.05) is 5.73 Å². The van der Waals surface area contributed by atoms with Crippen LogP contribution in [0.25, 0.3) is 0 Å². The minimum Gasteiger partial charge on any atom is -0.430 e. The second-order valence-electron chi connectivity index (χ2n) is 3.97. The van der Waals surface area contributed by atoms with Crippen LogP contribution in [0.15, 0.2) is 18.5 Å². The summed E-state index contributed by atoms with van der Waals surface area (Å²) >= 11 is 1.86. The van der Waals surface area contributed by atoms with E-state index in [4.69, 9.17) is 15.7 Å². The number of hydrogen-bond acceptors (Lipinski definition) is 7. The number of benzene rings is 1. The van der Waals surface area contributed by atoms with Crippen molar-refractivity contribution in [1.29, 1.82) is 5.26 Å². The van der Waals surface area contributed by atoms with E-state index in [2.05, 4.69) is 9.97 Å². The van der Waals surface area contributed by atoms with Gasteiger partial charge < -0.3 is 10.5 Å². The molecule has 1 heterocycles. The van der Waals surface area contributed by atoms with Crippen LogP contribution >= 0.6 is 22.6 Å². The fraction of sp³-hybridized carbons (Fsp3) is 0.0833. The SMILES string of the molecule is Cc1c(N)ncnc1Oc1c(I)cc(C#N)cc1[N+](=O)[O-]. The first-order valence-electron chi connectivity index (χ1n) is 5.57. The summed E-state index contributed by atoms with van der Waals surface area (Å²) in [6, 6.07) is 4.50. The van der Waals surface area contributed by atoms with Crippen molar-refractivity contribution in [3.05, 3.63) is 43.3 Å². The monoisotopic (exact) mass is 397 g/mol. The van der Waals surface area contributed by atoms with Crippen LogP contribution in [-0.2, 0) is 0 Å². The molecule has 106 valence electrons. The van der Waals surface area contributed by atoms with Gasteiger partial charge in [0.2, 0.25) is 11.6 Å². The molecule has 9 heteroatoms. The summed E-state index contributed by atoms with van der Waals surface area (Å²) < 4.78 is 5.95. The zero-order chi connectivity index (χ0) is 15.6. The number of ether oxygens (including phenoxy) is 1. The van der Waals surface area contributed by atoms with E-state index < -0.39 is 4.92 Å². The van der Waals surface area contributed by atoms with Gasteiger partial charge in [0, 0.05) is 6.07 Å². The van der Waals surface area contributed by atoms with E-state index in [1.165, 1.54) is 12.4 Å². The molecular formula is C12H8IN5O3. The maximum atomic E-state index is 11.1. The van der Waals surface area contributed by atoms with Crippen LogP contribution in [0.5, 0.6) is 11.6 Å². The minimum absolute atomic E-state index is 0.0146. The fourth-order valence-corrected chi connectivity index (χ4v) is 2.25. The molecule has 0 radical (unpaired) electrons. The molecule has 2 N–H and O–H groups in total. The van der Waals surface area contributed by atoms with Crippen LogP contribution in [0, 0.1) is 31.9 Å². The van der Waals surface area contributed by atoms with Crippen molar-refractivity contribution in [3.8, 4) is 17.7 Å². The average Bonchev–Trinajstić information content (AvgIpc) is 2.45. The zero-order valence-electron chi connectivity index (χ0n) is 10.7. The highest BCUT2D eigenvalue weighted by Gasteiger charge is 2.22. The lowest BCUT2D eigenvalue weighted by molar-refractivity contribution is -0.385. The number of anilines is 1. The number of aromatic nitrogens is 2. The molecule has 0 spiro atoms. The van der Waals surface area contributed by atoms with E-state index in [-0.39, 0.29) is 28.7 Å². The molecule has 0 saturated heterocycles. The lowest BCUT2D eigenvalue weighted by Gasteiger charge is -2.10. The largest absolute Gasteiger partial charge is 0.430 e. The van der Waals surface area contributed by atoms with Crippen molar-refractivity contribution in [2.24, 2.45) is 0 Å². The number of nitrogens with zero attached hydrogens (tertiary/aromatic N) is 4. The standard InChI is InChI=1S/C12H8IN5O3/c1-6-11(15)16-5-17-12(6)21-10-8(13)2-7(4-14)3-9(10)18(19)20/h2-3,5H,1H3,(H2,15,16,17). The van der Waals surface area contributed by atoms with Crippen molar-refractivity contribution in [2.45, 2.75) is 6.92 Å². The number of halogens is 1. The predicted octanol–water partition coefficient (Wildman–Crippen LogP) is 2.54. The molecule has 2 aromatic rings. The van der Waals surface area contributed by atoms with Gasteiger partial charge in [-0.1, -0.05) is 0 Å². The highest BCUT2D eigenvalue weighted by atomic mass is 127. The molecule has 2 rings (SSSR count). The van der Waals surface area contributed by atoms with Gasteiger partial charge >= 0.3 is 5.69 Å². The molecule has 0 unspecified atom stereocenters. The van der Waals surface area contributed by atoms with Crippen LogP contribution < -0.4 is 10.5 Å². The van der Waals surface area contributed by atoms with Gasteiger partial charge in [-0.3, -0.25) is 10.1 Å². The smallest absolute Gasteiger partial charge is 0.314 e. The Kier molecular flexibility index (Phi) is 4.18. The number of nitrogens with two attached hydrogens (primary N) is 1. The topological polar surface area (TPSA) is 128 Å². The normalized spacial score (nSPS) is 9.95. The summed E-state index contributed by atoms with van der Waals surface area (Å²) in [6.45, 7) is 1.65. The Hall–Kier alpha value is -2.48. The Balaban J connectivity index is 2.56. The lowest BCUT2D eigenvalue weighted by atomic mass is 10.2. The van der Waals surface area contributed by atoms with Crippen LogP contribution in [0.3, 0.4) is 0 Å². The molecule has 0 atom stereocenters. The second kappa shape index (κ2) is 5.88. The molecule has 1 aromatic heterocycles. The number of hydrogen-bond donors (Lipinski definition) is 1. The molecular weight excluding hydrogens is 389 g/mol. The maximum absolute atomic E-state index is 11.1. The molecule has 0 aliphatic rings. The Morgan fingerprint density at radius 2 is 2.19 bits per heavy atom. The van der Waals surface area contributed by atoms with Crippen molar-refractivity contribution in [3.63, 3.8) is 0 Å². The Labute approximate surface area is 132 Å². The van der Waals surface area contributed by atoms with E-state index in [1.54, 1.807) is 6.92 Å². The summed E-state index contributed by atoms with van der Waals surface area (Å²) in [5.41, 5.74) is 5.99. The van der Waals surface area contributed by atoms with Crippen molar-refractivity contribution >= 4 is 34.1 Å². The number of nitriles is 1. The average molecular weight is 397 g/mol. The molecule has 1 aromatic carbocycles. The molecule has 8 nitrogen and oxygen atoms in total. The first-order valence-corrected chi connectivity index (χ1v) is 6.65. The second-order valence-corrected chi connectivity index (χ2v) is 5.13. The molecule has 0 amide bonds. The van der Waals surface area contributed by atoms with E-state index in [0.29, 0.717) is 9.13 Å². The van der Waals surface area contributed by atoms with Crippen LogP contribution in [0.4, 0.5) is 11.5 Å². The third-order valence-corrected chi connectivity index (χ3v) is 3.43. The summed E-state index contributed by atoms with van der Waals surface area (Å²) in [5, 5.41) is 20.0. The number of rotatable bonds is 3. The first kappa shape index (κ1) is 14.9. The summed E-state index contributed by atoms with van der Waals surface area (Å²) in [4.78, 5) is 18.2. The molecule has 0 fully saturated rings. The van der Waals surface area contributed by atoms with E-state index in [0.717, 1.165) is 6.07 Å². The zero-order valence-corrected chi connectivity index (χ0v) is 12.9. The molecule has 0 aliphatic carbocycles. The van der Waals surface area contributed by atoms with Gasteiger partial charge in [-0.25, -0.2) is 9.97 Å². The van der Waals surface area contributed by atoms with E-state index >= 15 is 0 Å². The van der Waals surface area contributed by atoms with Crippen LogP contribution in [-0.4, -0.2) is 14.9 Å². The van der Waals surface area contributed by atoms with Crippen LogP contribution in [0.1, 0.15) is 11.1 Å². The highest BCUT2D eigenvalue weighted by molar-refractivity contribution is 14.1. The van der Waals surface area contributed by atoms with Gasteiger partial charge in [-0.2, -0.15) is 5.26 Å². The molecule has 0 saturated carbocycles. The lowest BCUT2D eigenvalue weighted by Crippen LogP contribution is -2.02. The van der Waals surface area contributed by atoms with Gasteiger partial charge in [-0.05, 0) is 35.6 Å². The third-order valence-electron chi connectivity index (χ3n) is 2.63. The van der Waals surface area contributed by atoms with Gasteiger partial charge in [-0.15, -0.1) is 0 Å². The Morgan fingerprint density at radius 3 is 2.81 bits per heavy atom. The Bertz CT molecular complexity index is 772. The van der Waals surface area contributed by atoms with Gasteiger partial charge in [0.15, 0.2) is 0 Å². The van der Waals surface area contributed by atoms with Gasteiger partial charge in [0.1, 0.15) is 12.1 Å². The molecule has 21 heavy (non-hydrogen) atoms. The van der Waals surface area contributed by atoms with Crippen molar-refractivity contribution in [1.82, 2.24) is 9.97 Å². The first-order chi connectivity index (χ1) is 9.93. The van der Waals surface area contributed by atoms with Gasteiger partial charge in [0.25, 0.3) is 0 Å². The number of nitrogen functional groups attached to an aromatic ring is 1. The van der Waals surface area contributed by atoms with Crippen molar-refractivity contribution < 1.29 is 9.66 Å². The van der Waals surface area contributed by atoms with Gasteiger partial charge in [0.05, 0.1) is 25.7 Å². The summed E-state index contributed by atoms with van der Waals surface area (Å²) in [5.74, 6) is 0.375. The number of nitro benzene ring substituents is 1. The molecule has 0 aliphatic heterocycles. The summed E-state index contributed by atoms with van der Waals surface area (Å²) in [6.07, 6.45) is 1.21. The van der Waals surface area contributed by atoms with E-state index in [1.807, 2.05) is 28.7 Å². The maximum Gasteiger partial charge on any atom is 0.314 e. The quantitative estimate of drug-likeness (QED) is 0.479. The summed E-state index contributed by atoms with van der Waals surface area (Å²) in [7, 11) is 0. The predicted molar refractivity (Wildman–Crippen MR) is 81.8 cm³/mol. The van der Waals surface area contributed by atoms with Crippen LogP contribution in [0.2, 0.25) is 0 Å². The number of nitro groups is 1. The fourth-order valence-electron chi connectivity index (χ4n) is 1.53. The molecule has 0 bridgehead atoms. The third kappa shape index (κ3) is 3.00. The highest BCUT2D eigenvalue weighted by Crippen LogP contribution is 2.37.